The van der Waals surface area contributed by atoms with Crippen LogP contribution in [0.1, 0.15) is 25.5 Å². The summed E-state index contributed by atoms with van der Waals surface area (Å²) in [7, 11) is 1.51. The molecule has 90 valence electrons. The molecule has 0 spiro atoms. The van der Waals surface area contributed by atoms with Crippen LogP contribution in [0, 0.1) is 0 Å². The minimum atomic E-state index is -0.977. The van der Waals surface area contributed by atoms with Crippen LogP contribution in [0.4, 0.5) is 0 Å². The van der Waals surface area contributed by atoms with Crippen LogP contribution >= 0.6 is 0 Å². The second-order valence-electron chi connectivity index (χ2n) is 3.89. The lowest BCUT2D eigenvalue weighted by atomic mass is 10.1. The maximum absolute atomic E-state index is 11.7. The van der Waals surface area contributed by atoms with Crippen molar-refractivity contribution >= 4 is 17.5 Å². The molecule has 0 aromatic heterocycles. The van der Waals surface area contributed by atoms with Gasteiger partial charge in [-0.3, -0.25) is 14.4 Å². The minimum Gasteiger partial charge on any atom is -0.332 e. The molecule has 0 N–H and O–H groups in total. The quantitative estimate of drug-likeness (QED) is 0.583. The second-order valence-corrected chi connectivity index (χ2v) is 3.89. The number of Topliss-reactive ketones (excluding diaryl/α,β-unsaturated/α-hetero) is 2. The highest BCUT2D eigenvalue weighted by atomic mass is 16.2. The van der Waals surface area contributed by atoms with E-state index >= 15 is 0 Å². The normalized spacial score (nSPS) is 11.7. The van der Waals surface area contributed by atoms with E-state index in [0.717, 1.165) is 12.5 Å². The predicted molar refractivity (Wildman–Crippen MR) is 63.3 cm³/mol. The Balaban J connectivity index is 2.84. The van der Waals surface area contributed by atoms with E-state index in [1.54, 1.807) is 6.92 Å². The number of rotatable bonds is 4. The number of likely N-dealkylation sites (N-methyl/N-ethyl adjacent to an activating group) is 1. The van der Waals surface area contributed by atoms with Crippen LogP contribution in [0.2, 0.25) is 0 Å². The number of nitrogens with zero attached hydrogens (tertiary/aromatic N) is 1. The molecule has 4 heteroatoms. The summed E-state index contributed by atoms with van der Waals surface area (Å²) >= 11 is 0. The van der Waals surface area contributed by atoms with Crippen LogP contribution in [0.5, 0.6) is 0 Å². The molecule has 0 saturated carbocycles. The summed E-state index contributed by atoms with van der Waals surface area (Å²) < 4.78 is 0. The Morgan fingerprint density at radius 2 is 1.65 bits per heavy atom. The van der Waals surface area contributed by atoms with Crippen molar-refractivity contribution in [3.63, 3.8) is 0 Å². The average molecular weight is 233 g/mol. The molecular formula is C13H15NO3. The Hall–Kier alpha value is -1.97. The second kappa shape index (κ2) is 5.39. The van der Waals surface area contributed by atoms with Crippen LogP contribution in [-0.2, 0) is 14.4 Å². The fourth-order valence-corrected chi connectivity index (χ4v) is 1.44. The molecule has 17 heavy (non-hydrogen) atoms. The molecule has 0 aliphatic carbocycles. The lowest BCUT2D eigenvalue weighted by Gasteiger charge is -2.24. The molecule has 0 bridgehead atoms. The molecule has 0 saturated heterocycles. The fourth-order valence-electron chi connectivity index (χ4n) is 1.44. The molecule has 1 rings (SSSR count). The standard InChI is InChI=1S/C13H15NO3/c1-9(11-7-5-4-6-8-11)14(3)13(17)12(16)10(2)15/h4-9H,1-3H3. The molecule has 0 aliphatic heterocycles. The van der Waals surface area contributed by atoms with Gasteiger partial charge in [-0.05, 0) is 12.5 Å². The topological polar surface area (TPSA) is 54.5 Å². The molecule has 1 amide bonds. The van der Waals surface area contributed by atoms with Crippen LogP contribution in [0.3, 0.4) is 0 Å². The van der Waals surface area contributed by atoms with Gasteiger partial charge in [0.05, 0.1) is 6.04 Å². The smallest absolute Gasteiger partial charge is 0.298 e. The molecule has 0 aliphatic rings. The third-order valence-electron chi connectivity index (χ3n) is 2.70. The highest BCUT2D eigenvalue weighted by molar-refractivity contribution is 6.62. The summed E-state index contributed by atoms with van der Waals surface area (Å²) in [6, 6.07) is 9.08. The summed E-state index contributed by atoms with van der Waals surface area (Å²) in [6.07, 6.45) is 0. The van der Waals surface area contributed by atoms with E-state index in [4.69, 9.17) is 0 Å². The maximum Gasteiger partial charge on any atom is 0.298 e. The highest BCUT2D eigenvalue weighted by Crippen LogP contribution is 2.18. The van der Waals surface area contributed by atoms with E-state index in [9.17, 15) is 14.4 Å². The Morgan fingerprint density at radius 1 is 1.12 bits per heavy atom. The van der Waals surface area contributed by atoms with Crippen molar-refractivity contribution < 1.29 is 14.4 Å². The van der Waals surface area contributed by atoms with Gasteiger partial charge < -0.3 is 4.90 Å². The van der Waals surface area contributed by atoms with Gasteiger partial charge in [-0.1, -0.05) is 30.3 Å². The van der Waals surface area contributed by atoms with Gasteiger partial charge in [-0.15, -0.1) is 0 Å². The largest absolute Gasteiger partial charge is 0.332 e. The first-order valence-electron chi connectivity index (χ1n) is 5.32. The first-order chi connectivity index (χ1) is 7.95. The first-order valence-corrected chi connectivity index (χ1v) is 5.32. The third kappa shape index (κ3) is 3.00. The number of benzene rings is 1. The van der Waals surface area contributed by atoms with E-state index in [1.807, 2.05) is 30.3 Å². The van der Waals surface area contributed by atoms with E-state index in [0.29, 0.717) is 0 Å². The maximum atomic E-state index is 11.7. The molecule has 1 unspecified atom stereocenters. The number of hydrogen-bond donors (Lipinski definition) is 0. The number of carbonyl (C=O) groups excluding carboxylic acids is 3. The summed E-state index contributed by atoms with van der Waals surface area (Å²) in [6.45, 7) is 2.90. The van der Waals surface area contributed by atoms with Crippen molar-refractivity contribution in [3.05, 3.63) is 35.9 Å². The molecule has 0 fully saturated rings. The summed E-state index contributed by atoms with van der Waals surface area (Å²) in [5.41, 5.74) is 0.916. The fraction of sp³-hybridized carbons (Fsp3) is 0.308. The molecule has 1 aromatic carbocycles. The van der Waals surface area contributed by atoms with Crippen molar-refractivity contribution in [1.82, 2.24) is 4.90 Å². The molecule has 1 aromatic rings. The van der Waals surface area contributed by atoms with Gasteiger partial charge in [-0.2, -0.15) is 0 Å². The monoisotopic (exact) mass is 233 g/mol. The molecule has 0 heterocycles. The summed E-state index contributed by atoms with van der Waals surface area (Å²) in [5, 5.41) is 0. The SMILES string of the molecule is CC(=O)C(=O)C(=O)N(C)C(C)c1ccccc1. The Morgan fingerprint density at radius 3 is 2.12 bits per heavy atom. The van der Waals surface area contributed by atoms with Gasteiger partial charge in [0.15, 0.2) is 0 Å². The minimum absolute atomic E-state index is 0.244. The number of amides is 1. The predicted octanol–water partition coefficient (Wildman–Crippen LogP) is 1.36. The Labute approximate surface area is 100 Å². The molecule has 4 nitrogen and oxygen atoms in total. The lowest BCUT2D eigenvalue weighted by Crippen LogP contribution is -2.38. The highest BCUT2D eigenvalue weighted by Gasteiger charge is 2.26. The summed E-state index contributed by atoms with van der Waals surface area (Å²) in [4.78, 5) is 35.1. The zero-order valence-corrected chi connectivity index (χ0v) is 10.1. The zero-order chi connectivity index (χ0) is 13.0. The van der Waals surface area contributed by atoms with Crippen molar-refractivity contribution in [2.24, 2.45) is 0 Å². The van der Waals surface area contributed by atoms with E-state index < -0.39 is 17.5 Å². The van der Waals surface area contributed by atoms with Gasteiger partial charge in [0.2, 0.25) is 5.78 Å². The van der Waals surface area contributed by atoms with Crippen LogP contribution in [0.25, 0.3) is 0 Å². The van der Waals surface area contributed by atoms with Crippen LogP contribution < -0.4 is 0 Å². The zero-order valence-electron chi connectivity index (χ0n) is 10.1. The molecule has 1 atom stereocenters. The van der Waals surface area contributed by atoms with Crippen molar-refractivity contribution in [2.45, 2.75) is 19.9 Å². The van der Waals surface area contributed by atoms with Crippen molar-refractivity contribution in [1.29, 1.82) is 0 Å². The Kier molecular flexibility index (Phi) is 4.15. The number of ketones is 2. The third-order valence-corrected chi connectivity index (χ3v) is 2.70. The van der Waals surface area contributed by atoms with Gasteiger partial charge in [0.1, 0.15) is 0 Å². The summed E-state index contributed by atoms with van der Waals surface area (Å²) in [5.74, 6) is -2.48. The van der Waals surface area contributed by atoms with Crippen molar-refractivity contribution in [2.75, 3.05) is 7.05 Å². The van der Waals surface area contributed by atoms with Crippen LogP contribution in [0.15, 0.2) is 30.3 Å². The molecular weight excluding hydrogens is 218 g/mol. The van der Waals surface area contributed by atoms with Crippen LogP contribution in [-0.4, -0.2) is 29.4 Å². The number of hydrogen-bond acceptors (Lipinski definition) is 3. The average Bonchev–Trinajstić information content (AvgIpc) is 2.36. The number of carbonyl (C=O) groups is 3. The van der Waals surface area contributed by atoms with Gasteiger partial charge in [-0.25, -0.2) is 0 Å². The molecule has 0 radical (unpaired) electrons. The van der Waals surface area contributed by atoms with Gasteiger partial charge in [0, 0.05) is 14.0 Å². The van der Waals surface area contributed by atoms with E-state index in [-0.39, 0.29) is 6.04 Å². The Bertz CT molecular complexity index is 439. The van der Waals surface area contributed by atoms with Crippen molar-refractivity contribution in [3.8, 4) is 0 Å². The van der Waals surface area contributed by atoms with E-state index in [2.05, 4.69) is 0 Å². The van der Waals surface area contributed by atoms with E-state index in [1.165, 1.54) is 11.9 Å². The first kappa shape index (κ1) is 13.1. The van der Waals surface area contributed by atoms with Gasteiger partial charge >= 0.3 is 0 Å². The van der Waals surface area contributed by atoms with Gasteiger partial charge in [0.25, 0.3) is 11.7 Å². The lowest BCUT2D eigenvalue weighted by molar-refractivity contribution is -0.149.